The van der Waals surface area contributed by atoms with Gasteiger partial charge in [-0.05, 0) is 12.0 Å². The molecule has 0 bridgehead atoms. The van der Waals surface area contributed by atoms with Gasteiger partial charge >= 0.3 is 6.18 Å². The Bertz CT molecular complexity index is 477. The number of aromatic nitrogens is 1. The molecule has 1 aromatic rings. The van der Waals surface area contributed by atoms with E-state index in [0.29, 0.717) is 6.20 Å². The number of rotatable bonds is 0. The van der Waals surface area contributed by atoms with E-state index >= 15 is 0 Å². The van der Waals surface area contributed by atoms with E-state index < -0.39 is 11.7 Å². The van der Waals surface area contributed by atoms with Gasteiger partial charge in [0.15, 0.2) is 6.07 Å². The number of hydrogen-bond donors (Lipinski definition) is 0. The van der Waals surface area contributed by atoms with Gasteiger partial charge in [0.2, 0.25) is 0 Å². The fourth-order valence-corrected chi connectivity index (χ4v) is 1.01. The Hall–Kier alpha value is -1.72. The largest absolute Gasteiger partial charge is 0.419 e. The highest BCUT2D eigenvalue weighted by molar-refractivity contribution is 6.29. The maximum absolute atomic E-state index is 12.4. The zero-order chi connectivity index (χ0) is 11.5. The molecule has 0 fully saturated rings. The molecule has 0 aliphatic heterocycles. The quantitative estimate of drug-likeness (QED) is 0.507. The molecule has 76 valence electrons. The molecular weight excluding hydrogens is 229 g/mol. The number of nitriles is 1. The topological polar surface area (TPSA) is 36.7 Å². The summed E-state index contributed by atoms with van der Waals surface area (Å²) in [5.74, 6) is 3.93. The number of alkyl halides is 3. The third kappa shape index (κ3) is 2.87. The molecule has 0 radical (unpaired) electrons. The van der Waals surface area contributed by atoms with Crippen molar-refractivity contribution in [3.8, 4) is 17.9 Å². The van der Waals surface area contributed by atoms with Crippen LogP contribution in [0.5, 0.6) is 0 Å². The van der Waals surface area contributed by atoms with E-state index in [-0.39, 0.29) is 10.7 Å². The maximum atomic E-state index is 12.4. The Morgan fingerprint density at radius 3 is 2.60 bits per heavy atom. The minimum atomic E-state index is -4.56. The normalized spacial score (nSPS) is 10.1. The highest BCUT2D eigenvalue weighted by atomic mass is 35.5. The highest BCUT2D eigenvalue weighted by Crippen LogP contribution is 2.31. The molecule has 0 unspecified atom stereocenters. The van der Waals surface area contributed by atoms with Crippen LogP contribution in [0.2, 0.25) is 5.15 Å². The van der Waals surface area contributed by atoms with Crippen LogP contribution in [0.15, 0.2) is 12.3 Å². The molecule has 0 aliphatic rings. The first kappa shape index (κ1) is 11.4. The van der Waals surface area contributed by atoms with Crippen molar-refractivity contribution in [2.24, 2.45) is 0 Å². The number of pyridine rings is 1. The Morgan fingerprint density at radius 2 is 2.07 bits per heavy atom. The van der Waals surface area contributed by atoms with Crippen LogP contribution in [0.1, 0.15) is 11.1 Å². The molecule has 1 heterocycles. The summed E-state index contributed by atoms with van der Waals surface area (Å²) in [5.41, 5.74) is -1.36. The van der Waals surface area contributed by atoms with Crippen LogP contribution in [-0.4, -0.2) is 4.98 Å². The summed E-state index contributed by atoms with van der Waals surface area (Å²) in [6.45, 7) is 0. The van der Waals surface area contributed by atoms with Crippen LogP contribution in [-0.2, 0) is 6.18 Å². The molecule has 0 saturated carbocycles. The van der Waals surface area contributed by atoms with Gasteiger partial charge in [-0.25, -0.2) is 4.98 Å². The standard InChI is InChI=1S/C9H2ClF3N2/c10-8-4-6(2-1-3-14)7(5-15-8)9(11,12)13/h4-5H. The average molecular weight is 231 g/mol. The van der Waals surface area contributed by atoms with Crippen molar-refractivity contribution in [1.82, 2.24) is 4.98 Å². The lowest BCUT2D eigenvalue weighted by atomic mass is 10.1. The van der Waals surface area contributed by atoms with Crippen molar-refractivity contribution in [3.63, 3.8) is 0 Å². The minimum absolute atomic E-state index is 0.106. The van der Waals surface area contributed by atoms with Crippen LogP contribution in [0.3, 0.4) is 0 Å². The van der Waals surface area contributed by atoms with E-state index in [2.05, 4.69) is 10.9 Å². The summed E-state index contributed by atoms with van der Waals surface area (Å²) >= 11 is 5.42. The second kappa shape index (κ2) is 4.20. The van der Waals surface area contributed by atoms with Crippen LogP contribution in [0.25, 0.3) is 0 Å². The molecule has 0 spiro atoms. The Morgan fingerprint density at radius 1 is 1.40 bits per heavy atom. The van der Waals surface area contributed by atoms with Gasteiger partial charge in [0.1, 0.15) is 5.15 Å². The molecule has 0 aromatic carbocycles. The second-order valence-electron chi connectivity index (χ2n) is 2.41. The van der Waals surface area contributed by atoms with E-state index in [1.54, 1.807) is 0 Å². The number of hydrogen-bond acceptors (Lipinski definition) is 2. The van der Waals surface area contributed by atoms with Gasteiger partial charge in [-0.3, -0.25) is 0 Å². The van der Waals surface area contributed by atoms with Gasteiger partial charge in [0.05, 0.1) is 5.56 Å². The van der Waals surface area contributed by atoms with E-state index in [0.717, 1.165) is 6.07 Å². The Balaban J connectivity index is 3.35. The first-order chi connectivity index (χ1) is 6.95. The Kier molecular flexibility index (Phi) is 3.18. The number of halogens is 4. The fourth-order valence-electron chi connectivity index (χ4n) is 0.854. The molecule has 1 rings (SSSR count). The summed E-state index contributed by atoms with van der Waals surface area (Å²) in [4.78, 5) is 3.31. The molecule has 0 N–H and O–H groups in total. The molecule has 2 nitrogen and oxygen atoms in total. The number of nitrogens with zero attached hydrogens (tertiary/aromatic N) is 2. The monoisotopic (exact) mass is 230 g/mol. The van der Waals surface area contributed by atoms with Gasteiger partial charge < -0.3 is 0 Å². The zero-order valence-electron chi connectivity index (χ0n) is 7.06. The third-order valence-electron chi connectivity index (χ3n) is 1.43. The predicted molar refractivity (Wildman–Crippen MR) is 46.7 cm³/mol. The van der Waals surface area contributed by atoms with Crippen molar-refractivity contribution >= 4 is 11.6 Å². The summed E-state index contributed by atoms with van der Waals surface area (Å²) in [6.07, 6.45) is -3.97. The minimum Gasteiger partial charge on any atom is -0.244 e. The van der Waals surface area contributed by atoms with Gasteiger partial charge in [-0.15, -0.1) is 0 Å². The SMILES string of the molecule is N#CC#Cc1cc(Cl)ncc1C(F)(F)F. The van der Waals surface area contributed by atoms with Gasteiger partial charge in [-0.2, -0.15) is 18.4 Å². The first-order valence-electron chi connectivity index (χ1n) is 3.58. The smallest absolute Gasteiger partial charge is 0.244 e. The van der Waals surface area contributed by atoms with Crippen molar-refractivity contribution in [1.29, 1.82) is 5.26 Å². The molecule has 1 aromatic heterocycles. The molecule has 0 amide bonds. The van der Waals surface area contributed by atoms with Gasteiger partial charge in [-0.1, -0.05) is 11.6 Å². The third-order valence-corrected chi connectivity index (χ3v) is 1.64. The van der Waals surface area contributed by atoms with Crippen LogP contribution in [0, 0.1) is 23.2 Å². The first-order valence-corrected chi connectivity index (χ1v) is 3.96. The molecule has 0 aliphatic carbocycles. The lowest BCUT2D eigenvalue weighted by Crippen LogP contribution is -2.08. The van der Waals surface area contributed by atoms with Gasteiger partial charge in [0, 0.05) is 17.7 Å². The van der Waals surface area contributed by atoms with Crippen molar-refractivity contribution in [2.45, 2.75) is 6.18 Å². The average Bonchev–Trinajstić information content (AvgIpc) is 2.12. The molecule has 0 atom stereocenters. The predicted octanol–water partition coefficient (Wildman–Crippen LogP) is 2.63. The van der Waals surface area contributed by atoms with Crippen molar-refractivity contribution < 1.29 is 13.2 Å². The lowest BCUT2D eigenvalue weighted by Gasteiger charge is -2.07. The molecule has 15 heavy (non-hydrogen) atoms. The summed E-state index contributed by atoms with van der Waals surface area (Å²) in [6, 6.07) is 2.39. The zero-order valence-corrected chi connectivity index (χ0v) is 7.82. The summed E-state index contributed by atoms with van der Waals surface area (Å²) < 4.78 is 37.1. The molecular formula is C9H2ClF3N2. The van der Waals surface area contributed by atoms with Crippen LogP contribution >= 0.6 is 11.6 Å². The summed E-state index contributed by atoms with van der Waals surface area (Å²) in [5, 5.41) is 8.03. The van der Waals surface area contributed by atoms with Crippen molar-refractivity contribution in [3.05, 3.63) is 28.5 Å². The summed E-state index contributed by atoms with van der Waals surface area (Å²) in [7, 11) is 0. The van der Waals surface area contributed by atoms with Crippen molar-refractivity contribution in [2.75, 3.05) is 0 Å². The lowest BCUT2D eigenvalue weighted by molar-refractivity contribution is -0.138. The molecule has 0 saturated heterocycles. The van der Waals surface area contributed by atoms with Gasteiger partial charge in [0.25, 0.3) is 0 Å². The van der Waals surface area contributed by atoms with Crippen LogP contribution in [0.4, 0.5) is 13.2 Å². The van der Waals surface area contributed by atoms with E-state index in [4.69, 9.17) is 16.9 Å². The second-order valence-corrected chi connectivity index (χ2v) is 2.80. The van der Waals surface area contributed by atoms with Crippen LogP contribution < -0.4 is 0 Å². The maximum Gasteiger partial charge on any atom is 0.419 e. The van der Waals surface area contributed by atoms with E-state index in [9.17, 15) is 13.2 Å². The highest BCUT2D eigenvalue weighted by Gasteiger charge is 2.33. The molecule has 6 heteroatoms. The van der Waals surface area contributed by atoms with E-state index in [1.807, 2.05) is 5.92 Å². The Labute approximate surface area is 88.3 Å². The fraction of sp³-hybridized carbons (Fsp3) is 0.111. The van der Waals surface area contributed by atoms with E-state index in [1.165, 1.54) is 6.07 Å².